The molecule has 0 radical (unpaired) electrons. The Morgan fingerprint density at radius 1 is 0.857 bits per heavy atom. The first kappa shape index (κ1) is 13.9. The normalized spacial score (nSPS) is 18.6. The van der Waals surface area contributed by atoms with Gasteiger partial charge >= 0.3 is 0 Å². The van der Waals surface area contributed by atoms with Gasteiger partial charge in [-0.15, -0.1) is 0 Å². The van der Waals surface area contributed by atoms with Crippen LogP contribution in [0.3, 0.4) is 0 Å². The van der Waals surface area contributed by atoms with Gasteiger partial charge < -0.3 is 16.8 Å². The molecule has 0 aliphatic carbocycles. The molecular formula is C11H27N3. The molecule has 0 saturated carbocycles. The van der Waals surface area contributed by atoms with Crippen LogP contribution >= 0.6 is 0 Å². The molecule has 1 saturated heterocycles. The molecule has 1 aliphatic rings. The molecule has 3 heteroatoms. The Bertz CT molecular complexity index is 109. The lowest BCUT2D eigenvalue weighted by Gasteiger charge is -2.19. The standard InChI is InChI=1S/C11H24N2.H3N/c12-8-4-3-7-11-13-9-5-1-2-6-10-13;/h1-12H2;1H3. The van der Waals surface area contributed by atoms with Gasteiger partial charge in [0, 0.05) is 0 Å². The van der Waals surface area contributed by atoms with E-state index in [1.807, 2.05) is 0 Å². The Kier molecular flexibility index (Phi) is 9.35. The summed E-state index contributed by atoms with van der Waals surface area (Å²) in [4.78, 5) is 2.63. The number of hydrogen-bond acceptors (Lipinski definition) is 3. The van der Waals surface area contributed by atoms with Crippen LogP contribution in [0.25, 0.3) is 0 Å². The third-order valence-corrected chi connectivity index (χ3v) is 2.88. The van der Waals surface area contributed by atoms with Gasteiger partial charge in [0.05, 0.1) is 0 Å². The molecule has 0 spiro atoms. The largest absolute Gasteiger partial charge is 0.344 e. The first-order valence-corrected chi connectivity index (χ1v) is 5.86. The Morgan fingerprint density at radius 2 is 1.50 bits per heavy atom. The van der Waals surface area contributed by atoms with Crippen LogP contribution in [0, 0.1) is 0 Å². The van der Waals surface area contributed by atoms with Crippen molar-refractivity contribution < 1.29 is 0 Å². The number of nitrogens with zero attached hydrogens (tertiary/aromatic N) is 1. The van der Waals surface area contributed by atoms with E-state index in [4.69, 9.17) is 5.73 Å². The minimum Gasteiger partial charge on any atom is -0.344 e. The van der Waals surface area contributed by atoms with Crippen LogP contribution in [0.1, 0.15) is 44.9 Å². The Hall–Kier alpha value is -0.120. The van der Waals surface area contributed by atoms with E-state index in [2.05, 4.69) is 4.90 Å². The van der Waals surface area contributed by atoms with Gasteiger partial charge in [-0.25, -0.2) is 0 Å². The van der Waals surface area contributed by atoms with Crippen LogP contribution in [0.15, 0.2) is 0 Å². The van der Waals surface area contributed by atoms with Crippen LogP contribution < -0.4 is 11.9 Å². The van der Waals surface area contributed by atoms with Gasteiger partial charge in [0.1, 0.15) is 0 Å². The van der Waals surface area contributed by atoms with Gasteiger partial charge in [0.2, 0.25) is 0 Å². The maximum atomic E-state index is 5.46. The van der Waals surface area contributed by atoms with Crippen LogP contribution in [-0.2, 0) is 0 Å². The Labute approximate surface area is 88.6 Å². The Balaban J connectivity index is 0.00000169. The van der Waals surface area contributed by atoms with E-state index in [0.717, 1.165) is 6.54 Å². The monoisotopic (exact) mass is 201 g/mol. The van der Waals surface area contributed by atoms with Crippen molar-refractivity contribution in [3.8, 4) is 0 Å². The third-order valence-electron chi connectivity index (χ3n) is 2.88. The van der Waals surface area contributed by atoms with E-state index in [9.17, 15) is 0 Å². The van der Waals surface area contributed by atoms with Crippen molar-refractivity contribution in [1.29, 1.82) is 0 Å². The molecule has 1 fully saturated rings. The summed E-state index contributed by atoms with van der Waals surface area (Å²) < 4.78 is 0. The highest BCUT2D eigenvalue weighted by Gasteiger charge is 2.07. The minimum atomic E-state index is 0. The second kappa shape index (κ2) is 9.44. The molecule has 0 aromatic carbocycles. The molecular weight excluding hydrogens is 174 g/mol. The van der Waals surface area contributed by atoms with E-state index >= 15 is 0 Å². The van der Waals surface area contributed by atoms with Gasteiger partial charge in [-0.2, -0.15) is 0 Å². The first-order chi connectivity index (χ1) is 6.43. The number of hydrogen-bond donors (Lipinski definition) is 2. The lowest BCUT2D eigenvalue weighted by molar-refractivity contribution is 0.278. The molecule has 0 unspecified atom stereocenters. The predicted octanol–water partition coefficient (Wildman–Crippen LogP) is 2.15. The molecule has 0 aromatic heterocycles. The molecule has 5 N–H and O–H groups in total. The topological polar surface area (TPSA) is 64.3 Å². The van der Waals surface area contributed by atoms with Crippen molar-refractivity contribution >= 4 is 0 Å². The summed E-state index contributed by atoms with van der Waals surface area (Å²) in [6.45, 7) is 4.84. The summed E-state index contributed by atoms with van der Waals surface area (Å²) in [5.74, 6) is 0. The van der Waals surface area contributed by atoms with E-state index in [-0.39, 0.29) is 6.15 Å². The molecule has 3 nitrogen and oxygen atoms in total. The Morgan fingerprint density at radius 3 is 2.07 bits per heavy atom. The van der Waals surface area contributed by atoms with E-state index in [0.29, 0.717) is 0 Å². The average molecular weight is 201 g/mol. The van der Waals surface area contributed by atoms with Crippen molar-refractivity contribution in [2.24, 2.45) is 5.73 Å². The predicted molar refractivity (Wildman–Crippen MR) is 62.8 cm³/mol. The zero-order chi connectivity index (χ0) is 9.36. The number of nitrogens with two attached hydrogens (primary N) is 1. The molecule has 0 aromatic rings. The number of likely N-dealkylation sites (tertiary alicyclic amines) is 1. The van der Waals surface area contributed by atoms with Crippen LogP contribution in [0.5, 0.6) is 0 Å². The maximum Gasteiger partial charge on any atom is -0.00187 e. The zero-order valence-corrected chi connectivity index (χ0v) is 9.51. The van der Waals surface area contributed by atoms with Gasteiger partial charge in [0.15, 0.2) is 0 Å². The van der Waals surface area contributed by atoms with Crippen molar-refractivity contribution in [3.63, 3.8) is 0 Å². The SMILES string of the molecule is N.NCCCCCN1CCCCCC1. The molecule has 86 valence electrons. The smallest absolute Gasteiger partial charge is 0.00187 e. The number of unbranched alkanes of at least 4 members (excludes halogenated alkanes) is 2. The van der Waals surface area contributed by atoms with Crippen molar-refractivity contribution in [2.75, 3.05) is 26.2 Å². The molecule has 1 rings (SSSR count). The second-order valence-corrected chi connectivity index (χ2v) is 4.11. The minimum absolute atomic E-state index is 0. The number of rotatable bonds is 5. The maximum absolute atomic E-state index is 5.46. The van der Waals surface area contributed by atoms with Crippen LogP contribution in [-0.4, -0.2) is 31.1 Å². The lowest BCUT2D eigenvalue weighted by atomic mass is 10.2. The van der Waals surface area contributed by atoms with E-state index in [1.54, 1.807) is 0 Å². The molecule has 14 heavy (non-hydrogen) atoms. The van der Waals surface area contributed by atoms with Crippen molar-refractivity contribution in [1.82, 2.24) is 11.1 Å². The lowest BCUT2D eigenvalue weighted by Crippen LogP contribution is -2.25. The van der Waals surface area contributed by atoms with E-state index < -0.39 is 0 Å². The third kappa shape index (κ3) is 6.35. The summed E-state index contributed by atoms with van der Waals surface area (Å²) in [5.41, 5.74) is 5.46. The fourth-order valence-corrected chi connectivity index (χ4v) is 2.02. The van der Waals surface area contributed by atoms with Gasteiger partial charge in [-0.05, 0) is 51.9 Å². The highest BCUT2D eigenvalue weighted by atomic mass is 15.1. The molecule has 0 bridgehead atoms. The molecule has 1 heterocycles. The summed E-state index contributed by atoms with van der Waals surface area (Å²) in [6.07, 6.45) is 9.57. The van der Waals surface area contributed by atoms with Crippen molar-refractivity contribution in [3.05, 3.63) is 0 Å². The van der Waals surface area contributed by atoms with Crippen LogP contribution in [0.4, 0.5) is 0 Å². The van der Waals surface area contributed by atoms with Gasteiger partial charge in [-0.1, -0.05) is 19.3 Å². The fourth-order valence-electron chi connectivity index (χ4n) is 2.02. The summed E-state index contributed by atoms with van der Waals surface area (Å²) in [6, 6.07) is 0. The zero-order valence-electron chi connectivity index (χ0n) is 9.51. The van der Waals surface area contributed by atoms with Gasteiger partial charge in [-0.3, -0.25) is 0 Å². The average Bonchev–Trinajstić information content (AvgIpc) is 2.41. The summed E-state index contributed by atoms with van der Waals surface area (Å²) in [7, 11) is 0. The quantitative estimate of drug-likeness (QED) is 0.670. The summed E-state index contributed by atoms with van der Waals surface area (Å²) in [5, 5.41) is 0. The highest BCUT2D eigenvalue weighted by molar-refractivity contribution is 4.63. The van der Waals surface area contributed by atoms with E-state index in [1.165, 1.54) is 64.6 Å². The fraction of sp³-hybridized carbons (Fsp3) is 1.00. The first-order valence-electron chi connectivity index (χ1n) is 5.86. The van der Waals surface area contributed by atoms with Gasteiger partial charge in [0.25, 0.3) is 0 Å². The highest BCUT2D eigenvalue weighted by Crippen LogP contribution is 2.10. The molecule has 1 aliphatic heterocycles. The molecule has 0 amide bonds. The van der Waals surface area contributed by atoms with Crippen molar-refractivity contribution in [2.45, 2.75) is 44.9 Å². The molecule has 0 atom stereocenters. The van der Waals surface area contributed by atoms with Crippen LogP contribution in [0.2, 0.25) is 0 Å². The second-order valence-electron chi connectivity index (χ2n) is 4.11. The summed E-state index contributed by atoms with van der Waals surface area (Å²) >= 11 is 0.